The molecule has 0 saturated carbocycles. The molecule has 1 unspecified atom stereocenters. The number of carbonyl (C=O) groups excluding carboxylic acids is 2. The summed E-state index contributed by atoms with van der Waals surface area (Å²) in [6.45, 7) is 2.41. The summed E-state index contributed by atoms with van der Waals surface area (Å²) in [6.07, 6.45) is 5.27. The highest BCUT2D eigenvalue weighted by Gasteiger charge is 2.12. The van der Waals surface area contributed by atoms with Crippen LogP contribution < -0.4 is 16.4 Å². The van der Waals surface area contributed by atoms with Crippen LogP contribution in [0.3, 0.4) is 0 Å². The van der Waals surface area contributed by atoms with Crippen LogP contribution in [0.5, 0.6) is 0 Å². The summed E-state index contributed by atoms with van der Waals surface area (Å²) < 4.78 is 0. The maximum Gasteiger partial charge on any atom is 0.251 e. The number of amides is 2. The molecule has 100 valence electrons. The fourth-order valence-corrected chi connectivity index (χ4v) is 1.42. The lowest BCUT2D eigenvalue weighted by atomic mass is 10.1. The van der Waals surface area contributed by atoms with Gasteiger partial charge in [0.1, 0.15) is 0 Å². The normalized spacial score (nSPS) is 11.2. The minimum Gasteiger partial charge on any atom is -0.352 e. The Kier molecular flexibility index (Phi) is 5.58. The zero-order valence-electron chi connectivity index (χ0n) is 10.8. The van der Waals surface area contributed by atoms with E-state index in [1.54, 1.807) is 24.3 Å². The minimum absolute atomic E-state index is 0.149. The zero-order valence-corrected chi connectivity index (χ0v) is 10.8. The van der Waals surface area contributed by atoms with Crippen molar-refractivity contribution in [3.8, 4) is 12.3 Å². The number of anilines is 1. The van der Waals surface area contributed by atoms with Crippen molar-refractivity contribution in [2.45, 2.75) is 19.4 Å². The average Bonchev–Trinajstić information content (AvgIpc) is 2.40. The third kappa shape index (κ3) is 4.45. The highest BCUT2D eigenvalue weighted by molar-refractivity contribution is 5.97. The Balaban J connectivity index is 2.65. The molecule has 1 atom stereocenters. The SMILES string of the molecule is C#CCC(N)C(=O)Nc1ccc(C(=O)NCC)cc1. The van der Waals surface area contributed by atoms with E-state index in [0.29, 0.717) is 17.8 Å². The molecule has 1 aromatic rings. The van der Waals surface area contributed by atoms with Crippen molar-refractivity contribution < 1.29 is 9.59 Å². The van der Waals surface area contributed by atoms with Gasteiger partial charge in [0.25, 0.3) is 5.91 Å². The topological polar surface area (TPSA) is 84.2 Å². The summed E-state index contributed by atoms with van der Waals surface area (Å²) in [4.78, 5) is 23.1. The van der Waals surface area contributed by atoms with E-state index in [1.165, 1.54) is 0 Å². The standard InChI is InChI=1S/C14H17N3O2/c1-3-5-12(15)14(19)17-11-8-6-10(7-9-11)13(18)16-4-2/h1,6-9,12H,4-5,15H2,2H3,(H,16,18)(H,17,19). The van der Waals surface area contributed by atoms with Crippen LogP contribution >= 0.6 is 0 Å². The van der Waals surface area contributed by atoms with Gasteiger partial charge in [0.15, 0.2) is 0 Å². The highest BCUT2D eigenvalue weighted by atomic mass is 16.2. The molecule has 0 spiro atoms. The molecule has 0 fully saturated rings. The zero-order chi connectivity index (χ0) is 14.3. The predicted octanol–water partition coefficient (Wildman–Crippen LogP) is 0.725. The Morgan fingerprint density at radius 2 is 2.00 bits per heavy atom. The largest absolute Gasteiger partial charge is 0.352 e. The highest BCUT2D eigenvalue weighted by Crippen LogP contribution is 2.10. The number of nitrogens with one attached hydrogen (secondary N) is 2. The summed E-state index contributed by atoms with van der Waals surface area (Å²) in [6, 6.07) is 5.82. The van der Waals surface area contributed by atoms with Gasteiger partial charge in [0, 0.05) is 24.2 Å². The van der Waals surface area contributed by atoms with E-state index < -0.39 is 6.04 Å². The first-order valence-corrected chi connectivity index (χ1v) is 5.96. The molecule has 0 aliphatic rings. The third-order valence-electron chi connectivity index (χ3n) is 2.43. The summed E-state index contributed by atoms with van der Waals surface area (Å²) in [5.74, 6) is 1.84. The Labute approximate surface area is 112 Å². The lowest BCUT2D eigenvalue weighted by Crippen LogP contribution is -2.35. The van der Waals surface area contributed by atoms with Gasteiger partial charge < -0.3 is 16.4 Å². The van der Waals surface area contributed by atoms with Gasteiger partial charge in [-0.2, -0.15) is 0 Å². The van der Waals surface area contributed by atoms with Crippen LogP contribution in [0.2, 0.25) is 0 Å². The van der Waals surface area contributed by atoms with Gasteiger partial charge in [-0.1, -0.05) is 0 Å². The smallest absolute Gasteiger partial charge is 0.251 e. The van der Waals surface area contributed by atoms with Gasteiger partial charge in [-0.05, 0) is 31.2 Å². The molecular formula is C14H17N3O2. The van der Waals surface area contributed by atoms with E-state index in [1.807, 2.05) is 6.92 Å². The first-order valence-electron chi connectivity index (χ1n) is 5.96. The molecule has 5 nitrogen and oxygen atoms in total. The number of hydrogen-bond donors (Lipinski definition) is 3. The van der Waals surface area contributed by atoms with Gasteiger partial charge in [-0.25, -0.2) is 0 Å². The molecule has 0 heterocycles. The van der Waals surface area contributed by atoms with E-state index in [-0.39, 0.29) is 18.2 Å². The molecule has 1 aromatic carbocycles. The number of benzene rings is 1. The monoisotopic (exact) mass is 259 g/mol. The summed E-state index contributed by atoms with van der Waals surface area (Å²) in [7, 11) is 0. The Hall–Kier alpha value is -2.32. The van der Waals surface area contributed by atoms with Crippen LogP contribution in [-0.2, 0) is 4.79 Å². The molecule has 2 amide bonds. The van der Waals surface area contributed by atoms with Crippen LogP contribution in [0.15, 0.2) is 24.3 Å². The molecule has 0 aromatic heterocycles. The van der Waals surface area contributed by atoms with Crippen LogP contribution in [0, 0.1) is 12.3 Å². The lowest BCUT2D eigenvalue weighted by Gasteiger charge is -2.10. The third-order valence-corrected chi connectivity index (χ3v) is 2.43. The average molecular weight is 259 g/mol. The van der Waals surface area contributed by atoms with E-state index in [2.05, 4.69) is 16.6 Å². The molecule has 0 radical (unpaired) electrons. The van der Waals surface area contributed by atoms with Gasteiger partial charge in [-0.15, -0.1) is 12.3 Å². The molecule has 19 heavy (non-hydrogen) atoms. The second-order valence-corrected chi connectivity index (χ2v) is 3.94. The second kappa shape index (κ2) is 7.19. The number of terminal acetylenes is 1. The van der Waals surface area contributed by atoms with Crippen LogP contribution in [0.4, 0.5) is 5.69 Å². The molecule has 4 N–H and O–H groups in total. The molecule has 0 aliphatic carbocycles. The predicted molar refractivity (Wildman–Crippen MR) is 74.5 cm³/mol. The molecule has 0 saturated heterocycles. The molecule has 0 aliphatic heterocycles. The van der Waals surface area contributed by atoms with E-state index >= 15 is 0 Å². The first kappa shape index (κ1) is 14.7. The van der Waals surface area contributed by atoms with Crippen molar-refractivity contribution in [3.63, 3.8) is 0 Å². The Morgan fingerprint density at radius 3 is 2.53 bits per heavy atom. The number of carbonyl (C=O) groups is 2. The summed E-state index contributed by atoms with van der Waals surface area (Å²) in [5.41, 5.74) is 6.68. The van der Waals surface area contributed by atoms with Gasteiger partial charge in [-0.3, -0.25) is 9.59 Å². The summed E-state index contributed by atoms with van der Waals surface area (Å²) >= 11 is 0. The molecular weight excluding hydrogens is 242 g/mol. The van der Waals surface area contributed by atoms with E-state index in [0.717, 1.165) is 0 Å². The Morgan fingerprint density at radius 1 is 1.37 bits per heavy atom. The van der Waals surface area contributed by atoms with E-state index in [9.17, 15) is 9.59 Å². The van der Waals surface area contributed by atoms with Crippen molar-refractivity contribution in [1.82, 2.24) is 5.32 Å². The molecule has 0 bridgehead atoms. The fraction of sp³-hybridized carbons (Fsp3) is 0.286. The van der Waals surface area contributed by atoms with Crippen LogP contribution in [0.1, 0.15) is 23.7 Å². The van der Waals surface area contributed by atoms with Crippen molar-refractivity contribution in [2.24, 2.45) is 5.73 Å². The number of hydrogen-bond acceptors (Lipinski definition) is 3. The van der Waals surface area contributed by atoms with Gasteiger partial charge in [0.05, 0.1) is 6.04 Å². The maximum absolute atomic E-state index is 11.6. The lowest BCUT2D eigenvalue weighted by molar-refractivity contribution is -0.117. The van der Waals surface area contributed by atoms with Crippen LogP contribution in [-0.4, -0.2) is 24.4 Å². The van der Waals surface area contributed by atoms with Crippen molar-refractivity contribution >= 4 is 17.5 Å². The molecule has 5 heteroatoms. The number of rotatable bonds is 5. The van der Waals surface area contributed by atoms with Gasteiger partial charge >= 0.3 is 0 Å². The number of nitrogens with two attached hydrogens (primary N) is 1. The van der Waals surface area contributed by atoms with E-state index in [4.69, 9.17) is 12.2 Å². The first-order chi connectivity index (χ1) is 9.08. The van der Waals surface area contributed by atoms with Crippen molar-refractivity contribution in [3.05, 3.63) is 29.8 Å². The van der Waals surface area contributed by atoms with Gasteiger partial charge in [0.2, 0.25) is 5.91 Å². The van der Waals surface area contributed by atoms with Crippen LogP contribution in [0.25, 0.3) is 0 Å². The fourth-order valence-electron chi connectivity index (χ4n) is 1.42. The Bertz CT molecular complexity index is 488. The summed E-state index contributed by atoms with van der Waals surface area (Å²) in [5, 5.41) is 5.32. The maximum atomic E-state index is 11.6. The van der Waals surface area contributed by atoms with Crippen molar-refractivity contribution in [1.29, 1.82) is 0 Å². The second-order valence-electron chi connectivity index (χ2n) is 3.94. The molecule has 1 rings (SSSR count). The van der Waals surface area contributed by atoms with Crippen molar-refractivity contribution in [2.75, 3.05) is 11.9 Å². The minimum atomic E-state index is -0.729. The quantitative estimate of drug-likeness (QED) is 0.681.